The molecule has 0 amide bonds. The zero-order valence-electron chi connectivity index (χ0n) is 34.1. The van der Waals surface area contributed by atoms with Crippen molar-refractivity contribution in [2.75, 3.05) is 4.90 Å². The van der Waals surface area contributed by atoms with Gasteiger partial charge < -0.3 is 13.9 Å². The molecular formula is C58H42N2OSi. The molecular weight excluding hydrogens is 769 g/mol. The Balaban J connectivity index is 0.959. The molecule has 0 saturated heterocycles. The second kappa shape index (κ2) is 15.9. The van der Waals surface area contributed by atoms with Crippen molar-refractivity contribution in [3.8, 4) is 27.9 Å². The van der Waals surface area contributed by atoms with Gasteiger partial charge in [0.2, 0.25) is 0 Å². The van der Waals surface area contributed by atoms with Crippen LogP contribution in [-0.4, -0.2) is 12.6 Å². The molecule has 4 heteroatoms. The molecule has 0 saturated carbocycles. The number of benzene rings is 9. The number of para-hydroxylation sites is 2. The van der Waals surface area contributed by atoms with E-state index < -0.39 is 8.07 Å². The highest BCUT2D eigenvalue weighted by molar-refractivity contribution is 7.19. The van der Waals surface area contributed by atoms with Gasteiger partial charge in [-0.25, -0.2) is 0 Å². The summed E-state index contributed by atoms with van der Waals surface area (Å²) < 4.78 is 8.55. The van der Waals surface area contributed by atoms with E-state index in [1.807, 2.05) is 12.1 Å². The smallest absolute Gasteiger partial charge is 0.179 e. The molecule has 11 aromatic rings. The van der Waals surface area contributed by atoms with Gasteiger partial charge in [0.25, 0.3) is 0 Å². The fraction of sp³-hybridized carbons (Fsp3) is 0. The van der Waals surface area contributed by atoms with Crippen molar-refractivity contribution in [3.05, 3.63) is 255 Å². The minimum atomic E-state index is -2.61. The summed E-state index contributed by atoms with van der Waals surface area (Å²) in [6.45, 7) is 0. The number of rotatable bonds is 10. The molecule has 3 nitrogen and oxygen atoms in total. The van der Waals surface area contributed by atoms with Gasteiger partial charge in [-0.1, -0.05) is 176 Å². The lowest BCUT2D eigenvalue weighted by Gasteiger charge is -2.34. The van der Waals surface area contributed by atoms with E-state index in [4.69, 9.17) is 4.42 Å². The fourth-order valence-corrected chi connectivity index (χ4v) is 14.0. The fourth-order valence-electron chi connectivity index (χ4n) is 9.27. The van der Waals surface area contributed by atoms with E-state index in [0.717, 1.165) is 55.8 Å². The van der Waals surface area contributed by atoms with Crippen LogP contribution in [0.1, 0.15) is 0 Å². The van der Waals surface area contributed by atoms with Crippen molar-refractivity contribution < 1.29 is 4.42 Å². The maximum Gasteiger partial charge on any atom is 0.179 e. The molecule has 0 N–H and O–H groups in total. The normalized spacial score (nSPS) is 11.5. The quantitative estimate of drug-likeness (QED) is 0.101. The lowest BCUT2D eigenvalue weighted by Crippen LogP contribution is -2.74. The third kappa shape index (κ3) is 6.54. The first-order valence-corrected chi connectivity index (χ1v) is 23.2. The van der Waals surface area contributed by atoms with Gasteiger partial charge in [0.1, 0.15) is 11.2 Å². The average Bonchev–Trinajstić information content (AvgIpc) is 4.04. The van der Waals surface area contributed by atoms with Crippen molar-refractivity contribution in [2.45, 2.75) is 0 Å². The summed E-state index contributed by atoms with van der Waals surface area (Å²) >= 11 is 0. The summed E-state index contributed by atoms with van der Waals surface area (Å²) in [4.78, 5) is 2.33. The van der Waals surface area contributed by atoms with E-state index in [1.54, 1.807) is 0 Å². The van der Waals surface area contributed by atoms with Crippen molar-refractivity contribution in [1.82, 2.24) is 4.57 Å². The van der Waals surface area contributed by atoms with Crippen LogP contribution in [0.2, 0.25) is 0 Å². The van der Waals surface area contributed by atoms with E-state index in [1.165, 1.54) is 31.9 Å². The van der Waals surface area contributed by atoms with Crippen molar-refractivity contribution in [2.24, 2.45) is 0 Å². The molecule has 0 aliphatic rings. The van der Waals surface area contributed by atoms with E-state index in [2.05, 4.69) is 252 Å². The molecule has 0 aliphatic carbocycles. The molecule has 0 spiro atoms. The van der Waals surface area contributed by atoms with E-state index in [9.17, 15) is 0 Å². The second-order valence-electron chi connectivity index (χ2n) is 15.7. The molecule has 2 heterocycles. The predicted octanol–water partition coefficient (Wildman–Crippen LogP) is 12.6. The zero-order chi connectivity index (χ0) is 41.3. The summed E-state index contributed by atoms with van der Waals surface area (Å²) in [5.74, 6) is 0. The first kappa shape index (κ1) is 37.1. The Morgan fingerprint density at radius 1 is 0.339 bits per heavy atom. The Bertz CT molecular complexity index is 3140. The third-order valence-electron chi connectivity index (χ3n) is 12.2. The number of fused-ring (bicyclic) bond motifs is 3. The number of furan rings is 1. The molecule has 294 valence electrons. The number of aromatic nitrogens is 1. The van der Waals surface area contributed by atoms with Gasteiger partial charge in [-0.05, 0) is 104 Å². The van der Waals surface area contributed by atoms with Gasteiger partial charge in [0, 0.05) is 51.5 Å². The molecule has 0 atom stereocenters. The van der Waals surface area contributed by atoms with Crippen molar-refractivity contribution in [1.29, 1.82) is 0 Å². The Labute approximate surface area is 363 Å². The topological polar surface area (TPSA) is 21.3 Å². The molecule has 0 bridgehead atoms. The van der Waals surface area contributed by atoms with Crippen LogP contribution < -0.4 is 25.6 Å². The van der Waals surface area contributed by atoms with Gasteiger partial charge >= 0.3 is 0 Å². The first-order chi connectivity index (χ1) is 30.7. The molecule has 0 radical (unpaired) electrons. The summed E-state index contributed by atoms with van der Waals surface area (Å²) in [7, 11) is -2.61. The highest BCUT2D eigenvalue weighted by Crippen LogP contribution is 2.39. The highest BCUT2D eigenvalue weighted by atomic mass is 28.3. The zero-order valence-corrected chi connectivity index (χ0v) is 35.1. The van der Waals surface area contributed by atoms with Crippen molar-refractivity contribution in [3.63, 3.8) is 0 Å². The molecule has 2 aromatic heterocycles. The predicted molar refractivity (Wildman–Crippen MR) is 262 cm³/mol. The van der Waals surface area contributed by atoms with Crippen LogP contribution in [0.25, 0.3) is 49.9 Å². The Morgan fingerprint density at radius 2 is 0.774 bits per heavy atom. The average molecular weight is 811 g/mol. The van der Waals surface area contributed by atoms with Crippen LogP contribution in [0.4, 0.5) is 17.1 Å². The summed E-state index contributed by atoms with van der Waals surface area (Å²) in [6.07, 6.45) is 4.15. The summed E-state index contributed by atoms with van der Waals surface area (Å²) in [6, 6.07) is 88.0. The molecule has 9 aromatic carbocycles. The maximum atomic E-state index is 6.42. The monoisotopic (exact) mass is 810 g/mol. The Hall–Kier alpha value is -7.92. The summed E-state index contributed by atoms with van der Waals surface area (Å²) in [5, 5.41) is 7.74. The third-order valence-corrected chi connectivity index (χ3v) is 17.0. The lowest BCUT2D eigenvalue weighted by molar-refractivity contribution is 0.670. The van der Waals surface area contributed by atoms with Gasteiger partial charge in [-0.15, -0.1) is 0 Å². The van der Waals surface area contributed by atoms with Crippen LogP contribution in [0.15, 0.2) is 259 Å². The number of hydrogen-bond donors (Lipinski definition) is 0. The van der Waals surface area contributed by atoms with E-state index in [0.29, 0.717) is 0 Å². The van der Waals surface area contributed by atoms with Crippen LogP contribution in [-0.2, 0) is 0 Å². The van der Waals surface area contributed by atoms with Crippen LogP contribution >= 0.6 is 0 Å². The van der Waals surface area contributed by atoms with Gasteiger partial charge in [0.15, 0.2) is 8.07 Å². The Morgan fingerprint density at radius 3 is 1.32 bits per heavy atom. The van der Waals surface area contributed by atoms with E-state index >= 15 is 0 Å². The molecule has 11 rings (SSSR count). The SMILES string of the molecule is c1ccc([Si](c2ccccc2)(c2ccccc2)c2ccc(-c3ccc(N(c4ccc(-c5cccc6c5oc5ccccc56)cc4)c4ccc(-n5cccc5)cc4)cc3)cc2)cc1. The minimum Gasteiger partial charge on any atom is -0.455 e. The van der Waals surface area contributed by atoms with Gasteiger partial charge in [-0.2, -0.15) is 0 Å². The largest absolute Gasteiger partial charge is 0.455 e. The molecule has 0 fully saturated rings. The summed E-state index contributed by atoms with van der Waals surface area (Å²) in [5.41, 5.74) is 10.7. The second-order valence-corrected chi connectivity index (χ2v) is 19.6. The van der Waals surface area contributed by atoms with Crippen LogP contribution in [0.3, 0.4) is 0 Å². The Kier molecular flexibility index (Phi) is 9.53. The maximum absolute atomic E-state index is 6.42. The van der Waals surface area contributed by atoms with E-state index in [-0.39, 0.29) is 0 Å². The number of hydrogen-bond acceptors (Lipinski definition) is 2. The molecule has 62 heavy (non-hydrogen) atoms. The van der Waals surface area contributed by atoms with Crippen molar-refractivity contribution >= 4 is 67.8 Å². The van der Waals surface area contributed by atoms with Gasteiger partial charge in [0.05, 0.1) is 0 Å². The van der Waals surface area contributed by atoms with Gasteiger partial charge in [-0.3, -0.25) is 0 Å². The number of anilines is 3. The number of nitrogens with zero attached hydrogens (tertiary/aromatic N) is 2. The van der Waals surface area contributed by atoms with Crippen LogP contribution in [0.5, 0.6) is 0 Å². The first-order valence-electron chi connectivity index (χ1n) is 21.2. The standard InChI is InChI=1S/C58H42N2OSi/c1-4-15-50(16-5-1)62(51-17-6-2-7-18-51,52-19-8-3-9-20-52)53-39-29-44(30-40-53)43-25-31-47(32-26-43)60(49-37-35-46(36-38-49)59-41-12-13-42-59)48-33-27-45(28-34-48)54-22-14-23-56-55-21-10-11-24-57(55)61-58(54)56/h1-42H. The molecule has 0 unspecified atom stereocenters. The highest BCUT2D eigenvalue weighted by Gasteiger charge is 2.41. The lowest BCUT2D eigenvalue weighted by atomic mass is 10.0. The minimum absolute atomic E-state index is 0.905. The van der Waals surface area contributed by atoms with Crippen LogP contribution in [0, 0.1) is 0 Å². The molecule has 0 aliphatic heterocycles.